The van der Waals surface area contributed by atoms with Gasteiger partial charge in [-0.1, -0.05) is 30.1 Å². The van der Waals surface area contributed by atoms with E-state index in [-0.39, 0.29) is 11.8 Å². The number of amides is 2. The molecule has 2 rings (SSSR count). The third-order valence-corrected chi connectivity index (χ3v) is 5.34. The van der Waals surface area contributed by atoms with E-state index in [2.05, 4.69) is 22.5 Å². The number of aryl methyl sites for hydroxylation is 2. The van der Waals surface area contributed by atoms with Crippen molar-refractivity contribution in [2.45, 2.75) is 26.7 Å². The van der Waals surface area contributed by atoms with Crippen LogP contribution in [0.2, 0.25) is 10.0 Å². The Labute approximate surface area is 160 Å². The molecule has 1 heterocycles. The van der Waals surface area contributed by atoms with E-state index in [1.54, 1.807) is 12.1 Å². The molecule has 0 aliphatic rings. The van der Waals surface area contributed by atoms with Crippen LogP contribution in [0.3, 0.4) is 0 Å². The molecule has 134 valence electrons. The first-order valence-corrected chi connectivity index (χ1v) is 9.47. The van der Waals surface area contributed by atoms with Crippen molar-refractivity contribution in [2.24, 2.45) is 0 Å². The van der Waals surface area contributed by atoms with E-state index in [4.69, 9.17) is 23.2 Å². The second-order valence-corrected chi connectivity index (χ2v) is 7.31. The summed E-state index contributed by atoms with van der Waals surface area (Å²) in [5, 5.41) is 7.21. The quantitative estimate of drug-likeness (QED) is 0.694. The molecule has 0 unspecified atom stereocenters. The van der Waals surface area contributed by atoms with Crippen molar-refractivity contribution in [1.82, 2.24) is 15.6 Å². The van der Waals surface area contributed by atoms with E-state index in [0.29, 0.717) is 33.6 Å². The first-order chi connectivity index (χ1) is 11.9. The van der Waals surface area contributed by atoms with Gasteiger partial charge in [0, 0.05) is 18.7 Å². The molecule has 0 aliphatic carbocycles. The average Bonchev–Trinajstić information content (AvgIpc) is 2.94. The second-order valence-electron chi connectivity index (χ2n) is 5.41. The van der Waals surface area contributed by atoms with Crippen LogP contribution in [0, 0.1) is 6.92 Å². The number of aromatic nitrogens is 1. The minimum atomic E-state index is -0.271. The van der Waals surface area contributed by atoms with E-state index < -0.39 is 0 Å². The lowest BCUT2D eigenvalue weighted by atomic mass is 10.2. The fourth-order valence-electron chi connectivity index (χ4n) is 2.16. The predicted molar refractivity (Wildman–Crippen MR) is 102 cm³/mol. The number of rotatable bonds is 7. The SMILES string of the molecule is CCCc1nc(C)c(C(=O)NCCNC(=O)c2ccc(Cl)c(Cl)c2)s1. The van der Waals surface area contributed by atoms with Gasteiger partial charge in [0.15, 0.2) is 0 Å². The molecule has 0 spiro atoms. The van der Waals surface area contributed by atoms with Gasteiger partial charge < -0.3 is 10.6 Å². The molecular formula is C17H19Cl2N3O2S. The van der Waals surface area contributed by atoms with Gasteiger partial charge in [0.25, 0.3) is 11.8 Å². The predicted octanol–water partition coefficient (Wildman–Crippen LogP) is 3.87. The smallest absolute Gasteiger partial charge is 0.263 e. The third-order valence-electron chi connectivity index (χ3n) is 3.39. The van der Waals surface area contributed by atoms with Crippen molar-refractivity contribution in [3.05, 3.63) is 49.4 Å². The highest BCUT2D eigenvalue weighted by Gasteiger charge is 2.14. The second kappa shape index (κ2) is 9.17. The third kappa shape index (κ3) is 5.42. The topological polar surface area (TPSA) is 71.1 Å². The summed E-state index contributed by atoms with van der Waals surface area (Å²) in [4.78, 5) is 29.2. The van der Waals surface area contributed by atoms with Gasteiger partial charge in [0.2, 0.25) is 0 Å². The van der Waals surface area contributed by atoms with Crippen LogP contribution in [0.25, 0.3) is 0 Å². The van der Waals surface area contributed by atoms with Gasteiger partial charge in [-0.15, -0.1) is 11.3 Å². The number of carbonyl (C=O) groups is 2. The molecule has 8 heteroatoms. The minimum Gasteiger partial charge on any atom is -0.350 e. The zero-order valence-corrected chi connectivity index (χ0v) is 16.3. The van der Waals surface area contributed by atoms with Crippen molar-refractivity contribution in [3.8, 4) is 0 Å². The summed E-state index contributed by atoms with van der Waals surface area (Å²) in [5.41, 5.74) is 1.16. The van der Waals surface area contributed by atoms with Gasteiger partial charge >= 0.3 is 0 Å². The molecule has 1 aromatic carbocycles. The summed E-state index contributed by atoms with van der Waals surface area (Å²) in [5.74, 6) is -0.437. The number of thiazole rings is 1. The van der Waals surface area contributed by atoms with Crippen LogP contribution in [0.1, 0.15) is 44.1 Å². The molecule has 2 amide bonds. The van der Waals surface area contributed by atoms with Crippen molar-refractivity contribution < 1.29 is 9.59 Å². The van der Waals surface area contributed by atoms with Gasteiger partial charge in [0.1, 0.15) is 4.88 Å². The maximum atomic E-state index is 12.2. The van der Waals surface area contributed by atoms with Crippen molar-refractivity contribution in [1.29, 1.82) is 0 Å². The molecule has 25 heavy (non-hydrogen) atoms. The summed E-state index contributed by atoms with van der Waals surface area (Å²) in [6.45, 7) is 4.54. The molecule has 0 saturated heterocycles. The number of halogens is 2. The van der Waals surface area contributed by atoms with E-state index in [9.17, 15) is 9.59 Å². The Kier molecular flexibility index (Phi) is 7.23. The van der Waals surface area contributed by atoms with Crippen LogP contribution in [0.4, 0.5) is 0 Å². The number of benzene rings is 1. The molecule has 0 radical (unpaired) electrons. The molecule has 0 saturated carbocycles. The van der Waals surface area contributed by atoms with E-state index in [1.807, 2.05) is 6.92 Å². The molecule has 0 atom stereocenters. The first kappa shape index (κ1) is 19.7. The Morgan fingerprint density at radius 2 is 1.80 bits per heavy atom. The Bertz CT molecular complexity index is 777. The van der Waals surface area contributed by atoms with Crippen LogP contribution in [0.5, 0.6) is 0 Å². The summed E-state index contributed by atoms with van der Waals surface area (Å²) >= 11 is 13.1. The normalized spacial score (nSPS) is 10.6. The highest BCUT2D eigenvalue weighted by molar-refractivity contribution is 7.13. The standard InChI is InChI=1S/C17H19Cl2N3O2S/c1-3-4-14-22-10(2)15(25-14)17(24)21-8-7-20-16(23)11-5-6-12(18)13(19)9-11/h5-6,9H,3-4,7-8H2,1-2H3,(H,20,23)(H,21,24). The maximum absolute atomic E-state index is 12.2. The largest absolute Gasteiger partial charge is 0.350 e. The molecule has 5 nitrogen and oxygen atoms in total. The van der Waals surface area contributed by atoms with Gasteiger partial charge in [-0.05, 0) is 38.0 Å². The fraction of sp³-hybridized carbons (Fsp3) is 0.353. The molecule has 0 aliphatic heterocycles. The van der Waals surface area contributed by atoms with Crippen molar-refractivity contribution >= 4 is 46.4 Å². The van der Waals surface area contributed by atoms with Gasteiger partial charge in [-0.2, -0.15) is 0 Å². The highest BCUT2D eigenvalue weighted by atomic mass is 35.5. The number of hydrogen-bond donors (Lipinski definition) is 2. The molecule has 2 N–H and O–H groups in total. The number of hydrogen-bond acceptors (Lipinski definition) is 4. The van der Waals surface area contributed by atoms with Crippen LogP contribution in [-0.4, -0.2) is 29.9 Å². The van der Waals surface area contributed by atoms with E-state index >= 15 is 0 Å². The lowest BCUT2D eigenvalue weighted by molar-refractivity contribution is 0.0929. The maximum Gasteiger partial charge on any atom is 0.263 e. The van der Waals surface area contributed by atoms with Crippen LogP contribution < -0.4 is 10.6 Å². The Morgan fingerprint density at radius 3 is 2.44 bits per heavy atom. The zero-order valence-electron chi connectivity index (χ0n) is 14.0. The van der Waals surface area contributed by atoms with Crippen LogP contribution in [-0.2, 0) is 6.42 Å². The summed E-state index contributed by atoms with van der Waals surface area (Å²) in [6, 6.07) is 4.67. The molecule has 1 aromatic heterocycles. The number of nitrogens with one attached hydrogen (secondary N) is 2. The molecular weight excluding hydrogens is 381 g/mol. The van der Waals surface area contributed by atoms with Crippen molar-refractivity contribution in [3.63, 3.8) is 0 Å². The van der Waals surface area contributed by atoms with E-state index in [0.717, 1.165) is 23.5 Å². The van der Waals surface area contributed by atoms with Crippen LogP contribution >= 0.6 is 34.5 Å². The fourth-order valence-corrected chi connectivity index (χ4v) is 3.54. The lowest BCUT2D eigenvalue weighted by Crippen LogP contribution is -2.34. The molecule has 2 aromatic rings. The van der Waals surface area contributed by atoms with Crippen molar-refractivity contribution in [2.75, 3.05) is 13.1 Å². The molecule has 0 fully saturated rings. The summed E-state index contributed by atoms with van der Waals surface area (Å²) < 4.78 is 0. The zero-order chi connectivity index (χ0) is 18.4. The molecule has 0 bridgehead atoms. The van der Waals surface area contributed by atoms with Crippen LogP contribution in [0.15, 0.2) is 18.2 Å². The summed E-state index contributed by atoms with van der Waals surface area (Å²) in [6.07, 6.45) is 1.87. The first-order valence-electron chi connectivity index (χ1n) is 7.90. The Balaban J connectivity index is 1.81. The van der Waals surface area contributed by atoms with Gasteiger partial charge in [-0.25, -0.2) is 4.98 Å². The van der Waals surface area contributed by atoms with E-state index in [1.165, 1.54) is 17.4 Å². The van der Waals surface area contributed by atoms with Gasteiger partial charge in [0.05, 0.1) is 20.7 Å². The average molecular weight is 400 g/mol. The lowest BCUT2D eigenvalue weighted by Gasteiger charge is -2.07. The summed E-state index contributed by atoms with van der Waals surface area (Å²) in [7, 11) is 0. The monoisotopic (exact) mass is 399 g/mol. The number of carbonyl (C=O) groups excluding carboxylic acids is 2. The highest BCUT2D eigenvalue weighted by Crippen LogP contribution is 2.22. The Morgan fingerprint density at radius 1 is 1.12 bits per heavy atom. The number of nitrogens with zero attached hydrogens (tertiary/aromatic N) is 1. The Hall–Kier alpha value is -1.63. The van der Waals surface area contributed by atoms with Gasteiger partial charge in [-0.3, -0.25) is 9.59 Å². The minimum absolute atomic E-state index is 0.166.